The van der Waals surface area contributed by atoms with Crippen LogP contribution >= 0.6 is 0 Å². The summed E-state index contributed by atoms with van der Waals surface area (Å²) in [6, 6.07) is 13.8. The molecule has 2 aliphatic rings. The number of Topliss-reactive ketones (excluding diaryl/α,β-unsaturated/α-hetero) is 1. The largest absolute Gasteiger partial charge is 0.507 e. The van der Waals surface area contributed by atoms with Crippen molar-refractivity contribution in [2.24, 2.45) is 0 Å². The van der Waals surface area contributed by atoms with Crippen molar-refractivity contribution in [1.82, 2.24) is 4.90 Å². The number of benzene rings is 2. The Morgan fingerprint density at radius 1 is 0.971 bits per heavy atom. The summed E-state index contributed by atoms with van der Waals surface area (Å²) < 4.78 is 11.4. The van der Waals surface area contributed by atoms with Gasteiger partial charge in [0.25, 0.3) is 11.7 Å². The summed E-state index contributed by atoms with van der Waals surface area (Å²) in [5, 5.41) is 11.4. The Balaban J connectivity index is 1.83. The molecule has 2 aromatic carbocycles. The highest BCUT2D eigenvalue weighted by Crippen LogP contribution is 2.43. The number of carbonyl (C=O) groups excluding carboxylic acids is 2. The van der Waals surface area contributed by atoms with E-state index >= 15 is 0 Å². The van der Waals surface area contributed by atoms with Crippen molar-refractivity contribution in [3.8, 4) is 11.5 Å². The monoisotopic (exact) mass is 463 g/mol. The Bertz CT molecular complexity index is 1070. The molecule has 0 bridgehead atoms. The summed E-state index contributed by atoms with van der Waals surface area (Å²) in [5.41, 5.74) is 1.34. The second kappa shape index (κ2) is 10.8. The second-order valence-corrected chi connectivity index (χ2v) is 8.88. The molecule has 0 aromatic heterocycles. The van der Waals surface area contributed by atoms with Crippen LogP contribution in [0.3, 0.4) is 0 Å². The maximum Gasteiger partial charge on any atom is 0.295 e. The molecule has 1 saturated carbocycles. The summed E-state index contributed by atoms with van der Waals surface area (Å²) in [5.74, 6) is -0.0784. The van der Waals surface area contributed by atoms with Gasteiger partial charge >= 0.3 is 0 Å². The van der Waals surface area contributed by atoms with Crippen LogP contribution in [0.5, 0.6) is 11.5 Å². The number of rotatable bonds is 8. The number of ether oxygens (including phenoxy) is 2. The summed E-state index contributed by atoms with van der Waals surface area (Å²) >= 11 is 0. The molecule has 6 nitrogen and oxygen atoms in total. The molecule has 2 fully saturated rings. The number of amides is 1. The Labute approximate surface area is 201 Å². The van der Waals surface area contributed by atoms with Crippen molar-refractivity contribution in [2.75, 3.05) is 13.2 Å². The van der Waals surface area contributed by atoms with E-state index in [0.29, 0.717) is 30.3 Å². The number of hydrogen-bond donors (Lipinski definition) is 1. The topological polar surface area (TPSA) is 76.1 Å². The summed E-state index contributed by atoms with van der Waals surface area (Å²) in [6.07, 6.45) is 5.75. The molecule has 2 aromatic rings. The molecular weight excluding hydrogens is 430 g/mol. The van der Waals surface area contributed by atoms with Gasteiger partial charge in [-0.05, 0) is 56.0 Å². The van der Waals surface area contributed by atoms with Gasteiger partial charge in [-0.1, -0.05) is 50.5 Å². The fraction of sp³-hybridized carbons (Fsp3) is 0.429. The van der Waals surface area contributed by atoms with Gasteiger partial charge in [0.05, 0.1) is 24.8 Å². The van der Waals surface area contributed by atoms with E-state index in [1.165, 1.54) is 0 Å². The zero-order chi connectivity index (χ0) is 24.1. The number of nitrogens with zero attached hydrogens (tertiary/aromatic N) is 1. The molecule has 0 radical (unpaired) electrons. The average Bonchev–Trinajstić information content (AvgIpc) is 3.13. The van der Waals surface area contributed by atoms with Gasteiger partial charge in [0, 0.05) is 11.6 Å². The first-order chi connectivity index (χ1) is 16.5. The lowest BCUT2D eigenvalue weighted by molar-refractivity contribution is -0.141. The Kier molecular flexibility index (Phi) is 7.56. The molecule has 1 heterocycles. The minimum atomic E-state index is -0.663. The molecule has 6 heteroatoms. The molecule has 1 saturated heterocycles. The van der Waals surface area contributed by atoms with Crippen molar-refractivity contribution in [2.45, 2.75) is 64.5 Å². The second-order valence-electron chi connectivity index (χ2n) is 8.88. The molecule has 1 atom stereocenters. The molecule has 1 aliphatic carbocycles. The van der Waals surface area contributed by atoms with Gasteiger partial charge in [-0.15, -0.1) is 0 Å². The number of aliphatic hydroxyl groups is 1. The van der Waals surface area contributed by atoms with Crippen LogP contribution in [0.1, 0.15) is 69.5 Å². The van der Waals surface area contributed by atoms with E-state index in [4.69, 9.17) is 9.47 Å². The highest BCUT2D eigenvalue weighted by atomic mass is 16.5. The smallest absolute Gasteiger partial charge is 0.295 e. The maximum absolute atomic E-state index is 13.4. The predicted molar refractivity (Wildman–Crippen MR) is 131 cm³/mol. The minimum absolute atomic E-state index is 0.0320. The third-order valence-electron chi connectivity index (χ3n) is 6.51. The van der Waals surface area contributed by atoms with E-state index in [1.54, 1.807) is 23.1 Å². The van der Waals surface area contributed by atoms with Crippen LogP contribution < -0.4 is 9.47 Å². The quantitative estimate of drug-likeness (QED) is 0.312. The van der Waals surface area contributed by atoms with Crippen LogP contribution in [-0.4, -0.2) is 41.0 Å². The molecular formula is C28H33NO5. The number of hydrogen-bond acceptors (Lipinski definition) is 5. The number of ketones is 1. The fourth-order valence-corrected chi connectivity index (χ4v) is 4.96. The number of likely N-dealkylation sites (tertiary alicyclic amines) is 1. The van der Waals surface area contributed by atoms with Gasteiger partial charge in [-0.2, -0.15) is 0 Å². The van der Waals surface area contributed by atoms with E-state index in [1.807, 2.05) is 44.2 Å². The molecule has 34 heavy (non-hydrogen) atoms. The summed E-state index contributed by atoms with van der Waals surface area (Å²) in [6.45, 7) is 5.00. The first kappa shape index (κ1) is 23.9. The Morgan fingerprint density at radius 2 is 1.68 bits per heavy atom. The van der Waals surface area contributed by atoms with Crippen LogP contribution in [0, 0.1) is 0 Å². The third-order valence-corrected chi connectivity index (χ3v) is 6.51. The highest BCUT2D eigenvalue weighted by Gasteiger charge is 2.49. The normalized spacial score (nSPS) is 20.5. The van der Waals surface area contributed by atoms with E-state index in [2.05, 4.69) is 0 Å². The fourth-order valence-electron chi connectivity index (χ4n) is 4.96. The zero-order valence-corrected chi connectivity index (χ0v) is 20.0. The van der Waals surface area contributed by atoms with Crippen LogP contribution in [-0.2, 0) is 9.59 Å². The van der Waals surface area contributed by atoms with Crippen molar-refractivity contribution in [1.29, 1.82) is 0 Å². The van der Waals surface area contributed by atoms with Crippen molar-refractivity contribution in [3.05, 3.63) is 65.2 Å². The Hall–Kier alpha value is -3.28. The van der Waals surface area contributed by atoms with E-state index < -0.39 is 17.7 Å². The van der Waals surface area contributed by atoms with E-state index in [-0.39, 0.29) is 17.4 Å². The van der Waals surface area contributed by atoms with E-state index in [9.17, 15) is 14.7 Å². The van der Waals surface area contributed by atoms with Gasteiger partial charge in [-0.25, -0.2) is 0 Å². The van der Waals surface area contributed by atoms with E-state index in [0.717, 1.165) is 44.1 Å². The third kappa shape index (κ3) is 4.81. The van der Waals surface area contributed by atoms with Gasteiger partial charge in [-0.3, -0.25) is 9.59 Å². The lowest BCUT2D eigenvalue weighted by Crippen LogP contribution is -2.40. The first-order valence-corrected chi connectivity index (χ1v) is 12.3. The molecule has 4 rings (SSSR count). The minimum Gasteiger partial charge on any atom is -0.507 e. The van der Waals surface area contributed by atoms with Crippen molar-refractivity contribution >= 4 is 17.4 Å². The molecule has 180 valence electrons. The highest BCUT2D eigenvalue weighted by molar-refractivity contribution is 6.46. The summed E-state index contributed by atoms with van der Waals surface area (Å²) in [7, 11) is 0. The standard InChI is InChI=1S/C28H33NO5/c1-3-16-34-23-15-9-11-20(18-23)26(30)24-25(19-10-8-14-22(17-19)33-4-2)29(28(32)27(24)31)21-12-6-5-7-13-21/h8-11,14-15,17-18,21,25,30H,3-7,12-13,16H2,1-2H3/b26-24-. The maximum atomic E-state index is 13.4. The van der Waals surface area contributed by atoms with Gasteiger partial charge < -0.3 is 19.5 Å². The van der Waals surface area contributed by atoms with Crippen molar-refractivity contribution < 1.29 is 24.2 Å². The Morgan fingerprint density at radius 3 is 2.38 bits per heavy atom. The van der Waals surface area contributed by atoms with Gasteiger partial charge in [0.15, 0.2) is 0 Å². The molecule has 1 N–H and O–H groups in total. The average molecular weight is 464 g/mol. The number of carbonyl (C=O) groups is 2. The van der Waals surface area contributed by atoms with Crippen LogP contribution in [0.15, 0.2) is 54.1 Å². The van der Waals surface area contributed by atoms with Crippen molar-refractivity contribution in [3.63, 3.8) is 0 Å². The molecule has 1 aliphatic heterocycles. The van der Waals surface area contributed by atoms with Crippen LogP contribution in [0.4, 0.5) is 0 Å². The zero-order valence-electron chi connectivity index (χ0n) is 20.0. The lowest BCUT2D eigenvalue weighted by Gasteiger charge is -2.35. The molecule has 1 unspecified atom stereocenters. The SMILES string of the molecule is CCCOc1cccc(/C(O)=C2/C(=O)C(=O)N(C3CCCCC3)C2c2cccc(OCC)c2)c1. The molecule has 0 spiro atoms. The van der Waals surface area contributed by atoms with Gasteiger partial charge in [0.2, 0.25) is 0 Å². The first-order valence-electron chi connectivity index (χ1n) is 12.3. The summed E-state index contributed by atoms with van der Waals surface area (Å²) in [4.78, 5) is 28.4. The van der Waals surface area contributed by atoms with Gasteiger partial charge in [0.1, 0.15) is 17.3 Å². The predicted octanol–water partition coefficient (Wildman–Crippen LogP) is 5.63. The molecule has 1 amide bonds. The van der Waals surface area contributed by atoms with Crippen LogP contribution in [0.25, 0.3) is 5.76 Å². The lowest BCUT2D eigenvalue weighted by atomic mass is 9.91. The number of aliphatic hydroxyl groups excluding tert-OH is 1. The van der Waals surface area contributed by atoms with Crippen LogP contribution in [0.2, 0.25) is 0 Å².